The quantitative estimate of drug-likeness (QED) is 0.679. The Morgan fingerprint density at radius 3 is 2.72 bits per heavy atom. The van der Waals surface area contributed by atoms with Crippen molar-refractivity contribution < 1.29 is 14.2 Å². The fraction of sp³-hybridized carbons (Fsp3) is 0.353. The third-order valence-electron chi connectivity index (χ3n) is 3.33. The van der Waals surface area contributed by atoms with Crippen LogP contribution in [0, 0.1) is 13.8 Å². The van der Waals surface area contributed by atoms with E-state index in [4.69, 9.17) is 9.60 Å². The van der Waals surface area contributed by atoms with Crippen LogP contribution in [0.5, 0.6) is 0 Å². The fourth-order valence-electron chi connectivity index (χ4n) is 2.40. The van der Waals surface area contributed by atoms with Crippen LogP contribution in [-0.2, 0) is 19.8 Å². The molecule has 18 heavy (non-hydrogen) atoms. The predicted molar refractivity (Wildman–Crippen MR) is 74.6 cm³/mol. The molecule has 2 aromatic rings. The van der Waals surface area contributed by atoms with Crippen LogP contribution in [0.3, 0.4) is 0 Å². The largest absolute Gasteiger partial charge is 0.212 e. The lowest BCUT2D eigenvalue weighted by Gasteiger charge is -2.08. The molecule has 1 aliphatic carbocycles. The van der Waals surface area contributed by atoms with Gasteiger partial charge in [-0.15, -0.1) is 0 Å². The Morgan fingerprint density at radius 2 is 2.00 bits per heavy atom. The van der Waals surface area contributed by atoms with Gasteiger partial charge in [-0.1, -0.05) is 6.07 Å². The maximum Gasteiger partial charge on any atom is 0.212 e. The molecular weight excluding hydrogens is 218 g/mol. The zero-order valence-electron chi connectivity index (χ0n) is 17.5. The van der Waals surface area contributed by atoms with Crippen LogP contribution < -0.4 is 4.57 Å². The maximum absolute atomic E-state index is 8.17. The molecule has 0 aliphatic heterocycles. The number of pyridine rings is 1. The molecule has 1 heterocycles. The van der Waals surface area contributed by atoms with Crippen molar-refractivity contribution in [2.24, 2.45) is 7.05 Å². The Morgan fingerprint density at radius 1 is 1.22 bits per heavy atom. The molecule has 1 aromatic heterocycles. The van der Waals surface area contributed by atoms with E-state index in [2.05, 4.69) is 0 Å². The summed E-state index contributed by atoms with van der Waals surface area (Å²) in [4.78, 5) is 0. The van der Waals surface area contributed by atoms with E-state index in [1.807, 2.05) is 6.92 Å². The number of aryl methyl sites for hydroxylation is 5. The number of benzene rings is 1. The summed E-state index contributed by atoms with van der Waals surface area (Å²) in [5.41, 5.74) is 3.39. The molecule has 0 saturated carbocycles. The summed E-state index contributed by atoms with van der Waals surface area (Å²) in [7, 11) is 1.76. The molecule has 0 bridgehead atoms. The number of nitrogens with zero attached hydrogens (tertiary/aromatic N) is 1. The molecule has 0 unspecified atom stereocenters. The zero-order valence-corrected chi connectivity index (χ0v) is 10.5. The second-order valence-electron chi connectivity index (χ2n) is 4.66. The molecule has 0 atom stereocenters. The fourth-order valence-corrected chi connectivity index (χ4v) is 2.40. The van der Waals surface area contributed by atoms with Gasteiger partial charge < -0.3 is 0 Å². The van der Waals surface area contributed by atoms with Crippen LogP contribution in [0.4, 0.5) is 0 Å². The van der Waals surface area contributed by atoms with Crippen molar-refractivity contribution in [3.05, 3.63) is 52.7 Å². The third kappa shape index (κ3) is 1.84. The van der Waals surface area contributed by atoms with Crippen LogP contribution in [0.15, 0.2) is 30.5 Å². The zero-order chi connectivity index (χ0) is 18.8. The smallest absolute Gasteiger partial charge is 0.201 e. The van der Waals surface area contributed by atoms with E-state index in [-0.39, 0.29) is 12.0 Å². The van der Waals surface area contributed by atoms with Gasteiger partial charge in [-0.05, 0) is 61.8 Å². The molecule has 3 rings (SSSR count). The molecule has 1 aromatic carbocycles. The first-order chi connectivity index (χ1) is 11.3. The molecule has 0 spiro atoms. The molecule has 0 fully saturated rings. The number of rotatable bonds is 1. The topological polar surface area (TPSA) is 3.88 Å². The van der Waals surface area contributed by atoms with E-state index in [0.717, 1.165) is 16.8 Å². The average Bonchev–Trinajstić information content (AvgIpc) is 2.62. The molecule has 1 aliphatic rings. The summed E-state index contributed by atoms with van der Waals surface area (Å²) in [6.07, 6.45) is -2.04. The van der Waals surface area contributed by atoms with Crippen LogP contribution in [0.2, 0.25) is 0 Å². The Labute approximate surface area is 119 Å². The molecule has 1 heteroatoms. The van der Waals surface area contributed by atoms with E-state index in [9.17, 15) is 0 Å². The van der Waals surface area contributed by atoms with Crippen LogP contribution in [0.1, 0.15) is 38.3 Å². The summed E-state index contributed by atoms with van der Waals surface area (Å²) in [6, 6.07) is 6.70. The molecule has 92 valence electrons. The van der Waals surface area contributed by atoms with E-state index in [1.165, 1.54) is 0 Å². The van der Waals surface area contributed by atoms with E-state index >= 15 is 0 Å². The first kappa shape index (κ1) is 6.01. The Kier molecular flexibility index (Phi) is 1.41. The molecular formula is C17H20N+. The summed E-state index contributed by atoms with van der Waals surface area (Å²) in [5, 5.41) is 0. The molecule has 0 saturated heterocycles. The first-order valence-corrected chi connectivity index (χ1v) is 5.99. The number of hydrogen-bond donors (Lipinski definition) is 0. The number of fused-ring (bicyclic) bond motifs is 1. The summed E-state index contributed by atoms with van der Waals surface area (Å²) >= 11 is 0. The van der Waals surface area contributed by atoms with Crippen LogP contribution in [0.25, 0.3) is 11.3 Å². The lowest BCUT2D eigenvalue weighted by atomic mass is 9.98. The van der Waals surface area contributed by atoms with Crippen LogP contribution in [-0.4, -0.2) is 0 Å². The highest BCUT2D eigenvalue weighted by molar-refractivity contribution is 5.64. The Bertz CT molecular complexity index is 853. The molecule has 0 N–H and O–H groups in total. The molecule has 0 radical (unpaired) electrons. The minimum atomic E-state index is -2.18. The van der Waals surface area contributed by atoms with E-state index in [1.54, 1.807) is 42.1 Å². The third-order valence-corrected chi connectivity index (χ3v) is 3.33. The Balaban J connectivity index is 2.18. The molecule has 0 amide bonds. The first-order valence-electron chi connectivity index (χ1n) is 9.49. The van der Waals surface area contributed by atoms with Crippen LogP contribution >= 0.6 is 0 Å². The lowest BCUT2D eigenvalue weighted by Crippen LogP contribution is -2.31. The monoisotopic (exact) mass is 245 g/mol. The lowest BCUT2D eigenvalue weighted by molar-refractivity contribution is -0.660. The minimum absolute atomic E-state index is 0.192. The van der Waals surface area contributed by atoms with Crippen molar-refractivity contribution in [2.45, 2.75) is 32.9 Å². The van der Waals surface area contributed by atoms with E-state index < -0.39 is 19.6 Å². The van der Waals surface area contributed by atoms with Gasteiger partial charge in [0.15, 0.2) is 6.20 Å². The highest BCUT2D eigenvalue weighted by Crippen LogP contribution is 2.29. The SMILES string of the molecule is [2H]C([2H])([2H])c1ccc(-c2cc3c(cc2C)C([2H])([2H])CC3([2H])[2H])[n+](C)c1. The highest BCUT2D eigenvalue weighted by Gasteiger charge is 2.17. The van der Waals surface area contributed by atoms with E-state index in [0.29, 0.717) is 11.1 Å². The van der Waals surface area contributed by atoms with Crippen molar-refractivity contribution in [3.8, 4) is 11.3 Å². The number of hydrogen-bond acceptors (Lipinski definition) is 0. The van der Waals surface area contributed by atoms with Gasteiger partial charge in [-0.3, -0.25) is 0 Å². The van der Waals surface area contributed by atoms with Crippen molar-refractivity contribution in [1.82, 2.24) is 0 Å². The second kappa shape index (κ2) is 4.24. The van der Waals surface area contributed by atoms with Gasteiger partial charge in [0.2, 0.25) is 5.69 Å². The highest BCUT2D eigenvalue weighted by atomic mass is 14.9. The standard InChI is InChI=1S/C17H20N/c1-12-7-8-17(18(3)11-12)16-10-15-6-4-5-14(15)9-13(16)2/h7-11H,4-6H2,1-3H3/q+1/i1D3,5D2,6D2. The Hall–Kier alpha value is -1.63. The van der Waals surface area contributed by atoms with Gasteiger partial charge >= 0.3 is 0 Å². The average molecular weight is 245 g/mol. The van der Waals surface area contributed by atoms with Gasteiger partial charge in [0, 0.05) is 26.8 Å². The van der Waals surface area contributed by atoms with Gasteiger partial charge in [0.25, 0.3) is 0 Å². The normalized spacial score (nSPS) is 25.8. The van der Waals surface area contributed by atoms with Crippen molar-refractivity contribution in [1.29, 1.82) is 0 Å². The number of aromatic nitrogens is 1. The van der Waals surface area contributed by atoms with Gasteiger partial charge in [0.1, 0.15) is 7.05 Å². The van der Waals surface area contributed by atoms with Crippen molar-refractivity contribution in [3.63, 3.8) is 0 Å². The van der Waals surface area contributed by atoms with Crippen molar-refractivity contribution in [2.75, 3.05) is 0 Å². The summed E-state index contributed by atoms with van der Waals surface area (Å²) in [6.45, 7) is -0.325. The van der Waals surface area contributed by atoms with Gasteiger partial charge in [-0.25, -0.2) is 4.57 Å². The minimum Gasteiger partial charge on any atom is -0.201 e. The predicted octanol–water partition coefficient (Wildman–Crippen LogP) is 3.28. The summed E-state index contributed by atoms with van der Waals surface area (Å²) in [5.74, 6) is 0. The summed E-state index contributed by atoms with van der Waals surface area (Å²) < 4.78 is 56.8. The van der Waals surface area contributed by atoms with Gasteiger partial charge in [0.05, 0.1) is 0 Å². The van der Waals surface area contributed by atoms with Gasteiger partial charge in [-0.2, -0.15) is 0 Å². The molecule has 1 nitrogen and oxygen atoms in total. The maximum atomic E-state index is 8.17. The van der Waals surface area contributed by atoms with Crippen molar-refractivity contribution >= 4 is 0 Å². The second-order valence-corrected chi connectivity index (χ2v) is 4.66.